The Morgan fingerprint density at radius 1 is 0.278 bits per heavy atom. The molecule has 3 aliphatic heterocycles. The van der Waals surface area contributed by atoms with Crippen molar-refractivity contribution in [3.63, 3.8) is 0 Å². The third kappa shape index (κ3) is 7.87. The number of oxazole rings is 2. The molecular formula is C84H50N10O3. The highest BCUT2D eigenvalue weighted by atomic mass is 16.5. The average molecular weight is 1250 g/mol. The molecule has 0 radical (unpaired) electrons. The minimum absolute atomic E-state index is 0.475. The SMILES string of the molecule is c1ccc2c(c1)N(c1cnc3nc(-c4ccc(-n5c6ccccc6c6ccccc65)cc4)oc3c1)c1cccc3c4ccccc4n-2c13.c1ccc2c(c1)Oc1ccccc1N2c1ccc(-c2nc3ccc(N4c5ccccc5-n5c6ccccc6c6cccc4c65)cc3o2)nc1. The molecule has 97 heavy (non-hydrogen) atoms. The lowest BCUT2D eigenvalue weighted by Gasteiger charge is -2.33. The fraction of sp³-hybridized carbons (Fsp3) is 0. The van der Waals surface area contributed by atoms with Crippen LogP contribution in [0.15, 0.2) is 312 Å². The molecule has 22 rings (SSSR count). The minimum Gasteiger partial charge on any atom is -0.453 e. The van der Waals surface area contributed by atoms with Gasteiger partial charge in [-0.2, -0.15) is 4.98 Å². The molecule has 13 heteroatoms. The minimum atomic E-state index is 0.475. The fourth-order valence-corrected chi connectivity index (χ4v) is 15.2. The predicted molar refractivity (Wildman–Crippen MR) is 389 cm³/mol. The largest absolute Gasteiger partial charge is 0.453 e. The third-order valence-electron chi connectivity index (χ3n) is 19.3. The highest BCUT2D eigenvalue weighted by molar-refractivity contribution is 6.18. The average Bonchev–Trinajstić information content (AvgIpc) is 1.63. The van der Waals surface area contributed by atoms with Gasteiger partial charge in [0.2, 0.25) is 11.8 Å². The molecule has 454 valence electrons. The van der Waals surface area contributed by atoms with E-state index in [-0.39, 0.29) is 0 Å². The van der Waals surface area contributed by atoms with Gasteiger partial charge in [0.05, 0.1) is 108 Å². The van der Waals surface area contributed by atoms with Gasteiger partial charge in [-0.15, -0.1) is 0 Å². The quantitative estimate of drug-likeness (QED) is 0.160. The lowest BCUT2D eigenvalue weighted by molar-refractivity contribution is 0.477. The number of pyridine rings is 2. The number of fused-ring (bicyclic) bond motifs is 17. The van der Waals surface area contributed by atoms with Crippen LogP contribution >= 0.6 is 0 Å². The molecular weight excluding hydrogens is 1200 g/mol. The zero-order chi connectivity index (χ0) is 63.4. The summed E-state index contributed by atoms with van der Waals surface area (Å²) in [4.78, 5) is 26.1. The summed E-state index contributed by atoms with van der Waals surface area (Å²) in [5.41, 5.74) is 23.9. The van der Waals surface area contributed by atoms with E-state index in [0.717, 1.165) is 90.8 Å². The molecule has 0 amide bonds. The predicted octanol–water partition coefficient (Wildman–Crippen LogP) is 22.2. The molecule has 0 N–H and O–H groups in total. The van der Waals surface area contributed by atoms with Crippen LogP contribution in [0.3, 0.4) is 0 Å². The zero-order valence-electron chi connectivity index (χ0n) is 51.6. The van der Waals surface area contributed by atoms with Gasteiger partial charge < -0.3 is 42.0 Å². The smallest absolute Gasteiger partial charge is 0.246 e. The molecule has 0 atom stereocenters. The maximum absolute atomic E-state index is 6.42. The van der Waals surface area contributed by atoms with Gasteiger partial charge in [-0.05, 0) is 133 Å². The van der Waals surface area contributed by atoms with Crippen molar-refractivity contribution >= 4 is 139 Å². The molecule has 0 aliphatic carbocycles. The highest BCUT2D eigenvalue weighted by Crippen LogP contribution is 2.54. The first-order valence-corrected chi connectivity index (χ1v) is 32.3. The summed E-state index contributed by atoms with van der Waals surface area (Å²) in [6, 6.07) is 101. The molecule has 12 aromatic carbocycles. The van der Waals surface area contributed by atoms with Crippen molar-refractivity contribution in [3.8, 4) is 51.6 Å². The number of hydrogen-bond donors (Lipinski definition) is 0. The van der Waals surface area contributed by atoms with Gasteiger partial charge >= 0.3 is 0 Å². The van der Waals surface area contributed by atoms with Crippen LogP contribution in [0.1, 0.15) is 0 Å². The molecule has 13 nitrogen and oxygen atoms in total. The maximum Gasteiger partial charge on any atom is 0.246 e. The lowest BCUT2D eigenvalue weighted by atomic mass is 10.1. The van der Waals surface area contributed by atoms with E-state index in [2.05, 4.69) is 265 Å². The lowest BCUT2D eigenvalue weighted by Crippen LogP contribution is -2.18. The summed E-state index contributed by atoms with van der Waals surface area (Å²) in [7, 11) is 0. The van der Waals surface area contributed by atoms with E-state index in [1.54, 1.807) is 0 Å². The third-order valence-corrected chi connectivity index (χ3v) is 19.3. The molecule has 7 aromatic heterocycles. The number of ether oxygens (including phenoxy) is 1. The summed E-state index contributed by atoms with van der Waals surface area (Å²) < 4.78 is 26.1. The fourth-order valence-electron chi connectivity index (χ4n) is 15.2. The molecule has 19 aromatic rings. The van der Waals surface area contributed by atoms with Crippen LogP contribution in [0.5, 0.6) is 11.5 Å². The number of benzene rings is 12. The highest BCUT2D eigenvalue weighted by Gasteiger charge is 2.32. The summed E-state index contributed by atoms with van der Waals surface area (Å²) >= 11 is 0. The Morgan fingerprint density at radius 3 is 1.29 bits per heavy atom. The number of anilines is 9. The van der Waals surface area contributed by atoms with Crippen LogP contribution in [0.2, 0.25) is 0 Å². The molecule has 0 bridgehead atoms. The summed E-state index contributed by atoms with van der Waals surface area (Å²) in [5, 5.41) is 7.42. The standard InChI is InChI=1S/C42H25N5O2.C42H25N5O/c1-2-12-32-28(10-1)29-11-9-17-37-41(29)47(32)34-14-4-3-13-33(34)45(37)26-20-22-30-40(24-26)49-42(44-30)31-23-21-27(25-43-31)46-35-15-5-7-18-38(35)48-39-19-8-6-16-36(39)46;1-4-14-33-29(10-1)30-11-2-5-15-34(30)45(33)27-22-20-26(21-23-27)42-44-41-39(48-42)24-28(25-43-41)46-36-17-7-8-18-37(36)47-35-16-6-3-12-31(35)32-13-9-19-38(46)40(32)47/h1-25H;1-25H. The molecule has 0 saturated heterocycles. The normalized spacial score (nSPS) is 12.8. The first-order chi connectivity index (χ1) is 48.1. The van der Waals surface area contributed by atoms with E-state index < -0.39 is 0 Å². The van der Waals surface area contributed by atoms with Crippen LogP contribution in [0.25, 0.3) is 128 Å². The van der Waals surface area contributed by atoms with Gasteiger partial charge in [0.15, 0.2) is 28.3 Å². The first kappa shape index (κ1) is 53.0. The Bertz CT molecular complexity index is 6380. The van der Waals surface area contributed by atoms with Gasteiger partial charge in [0, 0.05) is 55.7 Å². The van der Waals surface area contributed by atoms with Crippen molar-refractivity contribution in [2.24, 2.45) is 0 Å². The molecule has 10 heterocycles. The number of para-hydroxylation sites is 14. The Balaban J connectivity index is 0.000000128. The van der Waals surface area contributed by atoms with Crippen molar-refractivity contribution in [1.29, 1.82) is 0 Å². The summed E-state index contributed by atoms with van der Waals surface area (Å²) in [6.07, 6.45) is 3.76. The Morgan fingerprint density at radius 2 is 0.711 bits per heavy atom. The Hall–Kier alpha value is -13.5. The zero-order valence-corrected chi connectivity index (χ0v) is 51.6. The van der Waals surface area contributed by atoms with Gasteiger partial charge in [0.25, 0.3) is 0 Å². The second-order valence-electron chi connectivity index (χ2n) is 24.6. The Kier molecular flexibility index (Phi) is 11.2. The number of nitrogens with zero attached hydrogens (tertiary/aromatic N) is 10. The molecule has 0 fully saturated rings. The maximum atomic E-state index is 6.42. The van der Waals surface area contributed by atoms with Gasteiger partial charge in [-0.1, -0.05) is 146 Å². The van der Waals surface area contributed by atoms with Crippen LogP contribution in [-0.4, -0.2) is 33.6 Å². The van der Waals surface area contributed by atoms with Crippen LogP contribution < -0.4 is 19.4 Å². The van der Waals surface area contributed by atoms with E-state index in [9.17, 15) is 0 Å². The van der Waals surface area contributed by atoms with E-state index in [1.165, 1.54) is 65.4 Å². The van der Waals surface area contributed by atoms with E-state index in [4.69, 9.17) is 33.5 Å². The van der Waals surface area contributed by atoms with Crippen LogP contribution in [-0.2, 0) is 0 Å². The monoisotopic (exact) mass is 1250 g/mol. The molecule has 0 unspecified atom stereocenters. The molecule has 0 spiro atoms. The van der Waals surface area contributed by atoms with Crippen molar-refractivity contribution in [1.82, 2.24) is 33.6 Å². The number of aromatic nitrogens is 7. The van der Waals surface area contributed by atoms with Crippen molar-refractivity contribution in [2.75, 3.05) is 14.7 Å². The second-order valence-corrected chi connectivity index (χ2v) is 24.6. The Labute approximate surface area is 553 Å². The summed E-state index contributed by atoms with van der Waals surface area (Å²) in [5.74, 6) is 2.62. The van der Waals surface area contributed by atoms with Crippen molar-refractivity contribution < 1.29 is 13.6 Å². The van der Waals surface area contributed by atoms with Gasteiger partial charge in [0.1, 0.15) is 11.2 Å². The second kappa shape index (κ2) is 20.5. The van der Waals surface area contributed by atoms with Gasteiger partial charge in [-0.3, -0.25) is 0 Å². The van der Waals surface area contributed by atoms with E-state index >= 15 is 0 Å². The number of hydrogen-bond acceptors (Lipinski definition) is 10. The van der Waals surface area contributed by atoms with Crippen LogP contribution in [0.4, 0.5) is 51.2 Å². The van der Waals surface area contributed by atoms with E-state index in [1.807, 2.05) is 67.0 Å². The van der Waals surface area contributed by atoms with Crippen molar-refractivity contribution in [3.05, 3.63) is 304 Å². The first-order valence-electron chi connectivity index (χ1n) is 32.3. The molecule has 0 saturated carbocycles. The summed E-state index contributed by atoms with van der Waals surface area (Å²) in [6.45, 7) is 0. The van der Waals surface area contributed by atoms with Gasteiger partial charge in [-0.25, -0.2) is 15.0 Å². The van der Waals surface area contributed by atoms with Crippen molar-refractivity contribution in [2.45, 2.75) is 0 Å². The van der Waals surface area contributed by atoms with Crippen LogP contribution in [0, 0.1) is 0 Å². The van der Waals surface area contributed by atoms with E-state index in [0.29, 0.717) is 34.3 Å². The topological polar surface area (TPSA) is 112 Å². The number of rotatable bonds is 6. The molecule has 3 aliphatic rings.